The van der Waals surface area contributed by atoms with Gasteiger partial charge < -0.3 is 9.84 Å². The summed E-state index contributed by atoms with van der Waals surface area (Å²) in [5, 5.41) is 9.98. The van der Waals surface area contributed by atoms with Crippen LogP contribution in [0.3, 0.4) is 0 Å². The fourth-order valence-electron chi connectivity index (χ4n) is 1.97. The van der Waals surface area contributed by atoms with Gasteiger partial charge in [-0.1, -0.05) is 43.0 Å². The van der Waals surface area contributed by atoms with E-state index in [0.717, 1.165) is 16.7 Å². The molecule has 0 aliphatic rings. The largest absolute Gasteiger partial charge is 0.507 e. The van der Waals surface area contributed by atoms with Crippen molar-refractivity contribution in [1.82, 2.24) is 0 Å². The van der Waals surface area contributed by atoms with E-state index in [4.69, 9.17) is 0 Å². The molecule has 102 valence electrons. The molecule has 0 aliphatic carbocycles. The van der Waals surface area contributed by atoms with Crippen molar-refractivity contribution in [2.45, 2.75) is 6.42 Å². The van der Waals surface area contributed by atoms with E-state index in [9.17, 15) is 9.90 Å². The van der Waals surface area contributed by atoms with Gasteiger partial charge in [0.1, 0.15) is 5.75 Å². The summed E-state index contributed by atoms with van der Waals surface area (Å²) in [5.74, 6) is -0.167. The standard InChI is InChI=1S/C17H16O3/c1-12(14-6-4-3-5-7-14)15-10-13(8-9-16(15)18)11-17(19)20-2/h3-10,18H,1,11H2,2H3. The Morgan fingerprint density at radius 2 is 1.90 bits per heavy atom. The van der Waals surface area contributed by atoms with Crippen LogP contribution in [0.15, 0.2) is 55.1 Å². The molecule has 0 saturated carbocycles. The summed E-state index contributed by atoms with van der Waals surface area (Å²) in [6.07, 6.45) is 0.172. The SMILES string of the molecule is C=C(c1ccccc1)c1cc(CC(=O)OC)ccc1O. The zero-order chi connectivity index (χ0) is 14.5. The van der Waals surface area contributed by atoms with Crippen molar-refractivity contribution < 1.29 is 14.6 Å². The van der Waals surface area contributed by atoms with E-state index in [1.165, 1.54) is 7.11 Å². The topological polar surface area (TPSA) is 46.5 Å². The van der Waals surface area contributed by atoms with Gasteiger partial charge >= 0.3 is 5.97 Å². The number of rotatable bonds is 4. The van der Waals surface area contributed by atoms with Crippen LogP contribution < -0.4 is 0 Å². The minimum atomic E-state index is -0.313. The molecule has 0 radical (unpaired) electrons. The molecule has 0 unspecified atom stereocenters. The lowest BCUT2D eigenvalue weighted by atomic mass is 9.96. The van der Waals surface area contributed by atoms with Gasteiger partial charge in [-0.3, -0.25) is 4.79 Å². The second-order valence-electron chi connectivity index (χ2n) is 4.45. The van der Waals surface area contributed by atoms with Crippen LogP contribution in [0.5, 0.6) is 5.75 Å². The van der Waals surface area contributed by atoms with Crippen LogP contribution in [0.4, 0.5) is 0 Å². The molecule has 2 aromatic carbocycles. The van der Waals surface area contributed by atoms with Gasteiger partial charge in [0.25, 0.3) is 0 Å². The molecule has 0 atom stereocenters. The highest BCUT2D eigenvalue weighted by Crippen LogP contribution is 2.30. The van der Waals surface area contributed by atoms with Crippen molar-refractivity contribution in [2.24, 2.45) is 0 Å². The van der Waals surface area contributed by atoms with E-state index in [2.05, 4.69) is 11.3 Å². The third-order valence-corrected chi connectivity index (χ3v) is 3.08. The Hall–Kier alpha value is -2.55. The lowest BCUT2D eigenvalue weighted by Gasteiger charge is -2.10. The summed E-state index contributed by atoms with van der Waals surface area (Å²) < 4.78 is 4.65. The maximum Gasteiger partial charge on any atom is 0.309 e. The van der Waals surface area contributed by atoms with E-state index in [1.54, 1.807) is 18.2 Å². The van der Waals surface area contributed by atoms with Crippen LogP contribution in [-0.2, 0) is 16.0 Å². The Kier molecular flexibility index (Phi) is 4.20. The van der Waals surface area contributed by atoms with Gasteiger partial charge in [0.2, 0.25) is 0 Å². The number of carbonyl (C=O) groups is 1. The zero-order valence-electron chi connectivity index (χ0n) is 11.3. The summed E-state index contributed by atoms with van der Waals surface area (Å²) in [6.45, 7) is 4.02. The van der Waals surface area contributed by atoms with Gasteiger partial charge in [-0.25, -0.2) is 0 Å². The van der Waals surface area contributed by atoms with Crippen LogP contribution in [0.25, 0.3) is 5.57 Å². The Bertz CT molecular complexity index is 630. The number of benzene rings is 2. The molecule has 3 nitrogen and oxygen atoms in total. The first-order valence-electron chi connectivity index (χ1n) is 6.25. The summed E-state index contributed by atoms with van der Waals surface area (Å²) in [4.78, 5) is 11.3. The normalized spacial score (nSPS) is 10.1. The van der Waals surface area contributed by atoms with Crippen molar-refractivity contribution in [3.63, 3.8) is 0 Å². The number of esters is 1. The van der Waals surface area contributed by atoms with Crippen molar-refractivity contribution >= 4 is 11.5 Å². The second-order valence-corrected chi connectivity index (χ2v) is 4.45. The Morgan fingerprint density at radius 3 is 2.55 bits per heavy atom. The third kappa shape index (κ3) is 3.06. The van der Waals surface area contributed by atoms with Gasteiger partial charge in [0, 0.05) is 5.56 Å². The maximum absolute atomic E-state index is 11.3. The molecular weight excluding hydrogens is 252 g/mol. The number of phenolic OH excluding ortho intramolecular Hbond substituents is 1. The maximum atomic E-state index is 11.3. The molecule has 0 heterocycles. The lowest BCUT2D eigenvalue weighted by molar-refractivity contribution is -0.139. The first-order valence-corrected chi connectivity index (χ1v) is 6.25. The number of hydrogen-bond acceptors (Lipinski definition) is 3. The molecule has 0 aliphatic heterocycles. The first-order chi connectivity index (χ1) is 9.61. The van der Waals surface area contributed by atoms with Crippen molar-refractivity contribution in [1.29, 1.82) is 0 Å². The van der Waals surface area contributed by atoms with E-state index in [0.29, 0.717) is 5.56 Å². The third-order valence-electron chi connectivity index (χ3n) is 3.08. The minimum absolute atomic E-state index is 0.146. The van der Waals surface area contributed by atoms with E-state index >= 15 is 0 Å². The highest BCUT2D eigenvalue weighted by Gasteiger charge is 2.10. The second kappa shape index (κ2) is 6.06. The van der Waals surface area contributed by atoms with Crippen LogP contribution in [0.1, 0.15) is 16.7 Å². The molecule has 2 rings (SSSR count). The molecule has 0 bridgehead atoms. The van der Waals surface area contributed by atoms with E-state index in [1.807, 2.05) is 30.3 Å². The van der Waals surface area contributed by atoms with Gasteiger partial charge in [-0.15, -0.1) is 0 Å². The fraction of sp³-hybridized carbons (Fsp3) is 0.118. The van der Waals surface area contributed by atoms with Crippen LogP contribution >= 0.6 is 0 Å². The number of ether oxygens (including phenoxy) is 1. The Balaban J connectivity index is 2.34. The number of methoxy groups -OCH3 is 1. The minimum Gasteiger partial charge on any atom is -0.507 e. The summed E-state index contributed by atoms with van der Waals surface area (Å²) in [6, 6.07) is 14.6. The molecule has 0 saturated heterocycles. The fourth-order valence-corrected chi connectivity index (χ4v) is 1.97. The predicted octanol–water partition coefficient (Wildman–Crippen LogP) is 3.17. The van der Waals surface area contributed by atoms with Crippen molar-refractivity contribution in [2.75, 3.05) is 7.11 Å². The van der Waals surface area contributed by atoms with Gasteiger partial charge in [0.05, 0.1) is 13.5 Å². The molecule has 0 amide bonds. The Labute approximate surface area is 118 Å². The first kappa shape index (κ1) is 13.9. The van der Waals surface area contributed by atoms with Crippen LogP contribution in [-0.4, -0.2) is 18.2 Å². The van der Waals surface area contributed by atoms with Gasteiger partial charge in [-0.2, -0.15) is 0 Å². The lowest BCUT2D eigenvalue weighted by Crippen LogP contribution is -2.04. The monoisotopic (exact) mass is 268 g/mol. The number of carbonyl (C=O) groups excluding carboxylic acids is 1. The molecule has 20 heavy (non-hydrogen) atoms. The van der Waals surface area contributed by atoms with Gasteiger partial charge in [0.15, 0.2) is 0 Å². The average Bonchev–Trinajstić information content (AvgIpc) is 2.49. The van der Waals surface area contributed by atoms with Gasteiger partial charge in [-0.05, 0) is 28.8 Å². The molecule has 3 heteroatoms. The average molecular weight is 268 g/mol. The molecule has 1 N–H and O–H groups in total. The van der Waals surface area contributed by atoms with E-state index in [-0.39, 0.29) is 18.1 Å². The molecule has 0 aromatic heterocycles. The highest BCUT2D eigenvalue weighted by molar-refractivity contribution is 5.82. The van der Waals surface area contributed by atoms with Crippen molar-refractivity contribution in [3.05, 3.63) is 71.8 Å². The number of hydrogen-bond donors (Lipinski definition) is 1. The highest BCUT2D eigenvalue weighted by atomic mass is 16.5. The summed E-state index contributed by atoms with van der Waals surface area (Å²) >= 11 is 0. The smallest absolute Gasteiger partial charge is 0.309 e. The Morgan fingerprint density at radius 1 is 1.20 bits per heavy atom. The van der Waals surface area contributed by atoms with Crippen LogP contribution in [0, 0.1) is 0 Å². The van der Waals surface area contributed by atoms with Crippen LogP contribution in [0.2, 0.25) is 0 Å². The summed E-state index contributed by atoms with van der Waals surface area (Å²) in [5.41, 5.74) is 3.05. The molecule has 2 aromatic rings. The molecule has 0 fully saturated rings. The van der Waals surface area contributed by atoms with Crippen molar-refractivity contribution in [3.8, 4) is 5.75 Å². The number of phenols is 1. The number of aromatic hydroxyl groups is 1. The van der Waals surface area contributed by atoms with E-state index < -0.39 is 0 Å². The zero-order valence-corrected chi connectivity index (χ0v) is 11.3. The molecule has 0 spiro atoms. The molecular formula is C17H16O3. The summed E-state index contributed by atoms with van der Waals surface area (Å²) in [7, 11) is 1.35. The quantitative estimate of drug-likeness (QED) is 0.866. The predicted molar refractivity (Wildman–Crippen MR) is 78.4 cm³/mol.